The van der Waals surface area contributed by atoms with Crippen molar-refractivity contribution in [2.24, 2.45) is 0 Å². The molecule has 0 bridgehead atoms. The van der Waals surface area contributed by atoms with Gasteiger partial charge in [0, 0.05) is 38.7 Å². The van der Waals surface area contributed by atoms with Crippen LogP contribution in [0, 0.1) is 0 Å². The third-order valence-corrected chi connectivity index (χ3v) is 3.56. The van der Waals surface area contributed by atoms with Crippen LogP contribution in [0.1, 0.15) is 51.4 Å². The first-order valence-corrected chi connectivity index (χ1v) is 7.75. The molecule has 0 aromatic heterocycles. The van der Waals surface area contributed by atoms with Gasteiger partial charge in [-0.25, -0.2) is 0 Å². The summed E-state index contributed by atoms with van der Waals surface area (Å²) in [4.78, 5) is 4.74. The average Bonchev–Trinajstić information content (AvgIpc) is 2.86. The van der Waals surface area contributed by atoms with Crippen molar-refractivity contribution in [2.45, 2.75) is 51.4 Å². The molecule has 0 radical (unpaired) electrons. The van der Waals surface area contributed by atoms with Crippen LogP contribution in [0.2, 0.25) is 0 Å². The summed E-state index contributed by atoms with van der Waals surface area (Å²) in [6, 6.07) is 0. The molecule has 1 aliphatic heterocycles. The normalized spacial score (nSPS) is 14.6. The maximum atomic E-state index is 8.71. The zero-order valence-corrected chi connectivity index (χ0v) is 12.1. The zero-order valence-electron chi connectivity index (χ0n) is 12.1. The minimum atomic E-state index is 0.327. The van der Waals surface area contributed by atoms with Gasteiger partial charge in [0.05, 0.1) is 6.67 Å². The Bertz CT molecular complexity index is 212. The van der Waals surface area contributed by atoms with E-state index in [9.17, 15) is 0 Å². The van der Waals surface area contributed by atoms with E-state index >= 15 is 0 Å². The fourth-order valence-corrected chi connectivity index (χ4v) is 2.37. The van der Waals surface area contributed by atoms with E-state index in [1.807, 2.05) is 0 Å². The van der Waals surface area contributed by atoms with Gasteiger partial charge in [0.25, 0.3) is 0 Å². The highest BCUT2D eigenvalue weighted by Gasteiger charge is 2.10. The van der Waals surface area contributed by atoms with E-state index < -0.39 is 0 Å². The highest BCUT2D eigenvalue weighted by molar-refractivity contribution is 4.90. The highest BCUT2D eigenvalue weighted by Crippen LogP contribution is 2.11. The van der Waals surface area contributed by atoms with Gasteiger partial charge in [-0.2, -0.15) is 0 Å². The Morgan fingerprint density at radius 3 is 1.47 bits per heavy atom. The molecule has 0 aromatic carbocycles. The molecule has 1 aliphatic rings. The van der Waals surface area contributed by atoms with Crippen LogP contribution < -0.4 is 0 Å². The largest absolute Gasteiger partial charge is 0.396 e. The minimum absolute atomic E-state index is 0.327. The fourth-order valence-electron chi connectivity index (χ4n) is 2.37. The van der Waals surface area contributed by atoms with Crippen molar-refractivity contribution in [3.63, 3.8) is 0 Å². The van der Waals surface area contributed by atoms with Crippen LogP contribution in [-0.2, 0) is 0 Å². The smallest absolute Gasteiger partial charge is 0.0893 e. The lowest BCUT2D eigenvalue weighted by atomic mass is 10.2. The van der Waals surface area contributed by atoms with Crippen molar-refractivity contribution in [1.29, 1.82) is 0 Å². The van der Waals surface area contributed by atoms with E-state index in [1.165, 1.54) is 25.7 Å². The Kier molecular flexibility index (Phi) is 9.55. The summed E-state index contributed by atoms with van der Waals surface area (Å²) in [5.41, 5.74) is 0. The first-order chi connectivity index (χ1) is 9.36. The molecular weight excluding hydrogens is 240 g/mol. The summed E-state index contributed by atoms with van der Waals surface area (Å²) in [7, 11) is 0. The third-order valence-electron chi connectivity index (χ3n) is 3.56. The molecule has 4 heteroatoms. The molecule has 112 valence electrons. The van der Waals surface area contributed by atoms with E-state index in [-0.39, 0.29) is 0 Å². The van der Waals surface area contributed by atoms with Crippen LogP contribution in [-0.4, -0.2) is 53.0 Å². The predicted octanol–water partition coefficient (Wildman–Crippen LogP) is 2.14. The van der Waals surface area contributed by atoms with Crippen molar-refractivity contribution in [2.75, 3.05) is 33.0 Å². The maximum absolute atomic E-state index is 8.71. The van der Waals surface area contributed by atoms with Crippen molar-refractivity contribution < 1.29 is 10.2 Å². The minimum Gasteiger partial charge on any atom is -0.396 e. The van der Waals surface area contributed by atoms with E-state index in [0.29, 0.717) is 13.2 Å². The molecule has 0 atom stereocenters. The van der Waals surface area contributed by atoms with Crippen LogP contribution in [0.5, 0.6) is 0 Å². The summed E-state index contributed by atoms with van der Waals surface area (Å²) in [5.74, 6) is 0. The van der Waals surface area contributed by atoms with E-state index in [0.717, 1.165) is 45.4 Å². The molecule has 4 nitrogen and oxygen atoms in total. The SMILES string of the molecule is OCCCCCCN1C=CN(CCCCCCO)C1. The van der Waals surface area contributed by atoms with Gasteiger partial charge < -0.3 is 20.0 Å². The Morgan fingerprint density at radius 2 is 1.05 bits per heavy atom. The van der Waals surface area contributed by atoms with Crippen LogP contribution in [0.4, 0.5) is 0 Å². The number of unbranched alkanes of at least 4 members (excludes halogenated alkanes) is 6. The number of aliphatic hydroxyl groups is 2. The number of hydrogen-bond donors (Lipinski definition) is 2. The molecule has 0 aromatic rings. The average molecular weight is 270 g/mol. The van der Waals surface area contributed by atoms with Gasteiger partial charge in [-0.05, 0) is 25.7 Å². The summed E-state index contributed by atoms with van der Waals surface area (Å²) in [6.45, 7) is 3.94. The van der Waals surface area contributed by atoms with Crippen molar-refractivity contribution in [3.8, 4) is 0 Å². The molecule has 1 rings (SSSR count). The van der Waals surface area contributed by atoms with Gasteiger partial charge in [-0.15, -0.1) is 0 Å². The maximum Gasteiger partial charge on any atom is 0.0893 e. The molecule has 19 heavy (non-hydrogen) atoms. The second kappa shape index (κ2) is 11.1. The van der Waals surface area contributed by atoms with Gasteiger partial charge in [-0.1, -0.05) is 25.7 Å². The number of aliphatic hydroxyl groups excluding tert-OH is 2. The first kappa shape index (κ1) is 16.3. The summed E-state index contributed by atoms with van der Waals surface area (Å²) >= 11 is 0. The Labute approximate surface area is 117 Å². The Morgan fingerprint density at radius 1 is 0.632 bits per heavy atom. The topological polar surface area (TPSA) is 46.9 Å². The molecule has 0 fully saturated rings. The quantitative estimate of drug-likeness (QED) is 0.533. The first-order valence-electron chi connectivity index (χ1n) is 7.75. The van der Waals surface area contributed by atoms with Crippen molar-refractivity contribution >= 4 is 0 Å². The molecule has 0 aliphatic carbocycles. The van der Waals surface area contributed by atoms with Crippen LogP contribution in [0.15, 0.2) is 12.4 Å². The monoisotopic (exact) mass is 270 g/mol. The molecular formula is C15H30N2O2. The molecule has 0 spiro atoms. The van der Waals surface area contributed by atoms with Gasteiger partial charge in [0.1, 0.15) is 0 Å². The van der Waals surface area contributed by atoms with Crippen molar-refractivity contribution in [3.05, 3.63) is 12.4 Å². The molecule has 2 N–H and O–H groups in total. The second-order valence-corrected chi connectivity index (χ2v) is 5.34. The fraction of sp³-hybridized carbons (Fsp3) is 0.867. The number of hydrogen-bond acceptors (Lipinski definition) is 4. The van der Waals surface area contributed by atoms with Crippen molar-refractivity contribution in [1.82, 2.24) is 9.80 Å². The van der Waals surface area contributed by atoms with E-state index in [2.05, 4.69) is 22.2 Å². The van der Waals surface area contributed by atoms with Crippen LogP contribution >= 0.6 is 0 Å². The van der Waals surface area contributed by atoms with Gasteiger partial charge >= 0.3 is 0 Å². The lowest BCUT2D eigenvalue weighted by Crippen LogP contribution is -2.26. The molecule has 0 unspecified atom stereocenters. The zero-order chi connectivity index (χ0) is 13.8. The summed E-state index contributed by atoms with van der Waals surface area (Å²) in [5, 5.41) is 17.4. The van der Waals surface area contributed by atoms with Gasteiger partial charge in [0.2, 0.25) is 0 Å². The summed E-state index contributed by atoms with van der Waals surface area (Å²) in [6.07, 6.45) is 13.4. The van der Waals surface area contributed by atoms with Crippen LogP contribution in [0.3, 0.4) is 0 Å². The third kappa shape index (κ3) is 8.11. The van der Waals surface area contributed by atoms with Gasteiger partial charge in [-0.3, -0.25) is 0 Å². The number of rotatable bonds is 12. The predicted molar refractivity (Wildman–Crippen MR) is 78.5 cm³/mol. The number of nitrogens with zero attached hydrogens (tertiary/aromatic N) is 2. The Hall–Kier alpha value is -0.740. The summed E-state index contributed by atoms with van der Waals surface area (Å²) < 4.78 is 0. The van der Waals surface area contributed by atoms with E-state index in [4.69, 9.17) is 10.2 Å². The lowest BCUT2D eigenvalue weighted by molar-refractivity contribution is 0.251. The lowest BCUT2D eigenvalue weighted by Gasteiger charge is -2.21. The highest BCUT2D eigenvalue weighted by atomic mass is 16.3. The molecule has 0 saturated carbocycles. The molecule has 0 saturated heterocycles. The Balaban J connectivity index is 1.93. The van der Waals surface area contributed by atoms with Crippen LogP contribution in [0.25, 0.3) is 0 Å². The van der Waals surface area contributed by atoms with Gasteiger partial charge in [0.15, 0.2) is 0 Å². The molecule has 1 heterocycles. The van der Waals surface area contributed by atoms with E-state index in [1.54, 1.807) is 0 Å². The molecule has 0 amide bonds. The standard InChI is InChI=1S/C15H30N2O2/c18-13-7-3-1-5-9-16-11-12-17(15-16)10-6-2-4-8-14-19/h11-12,18-19H,1-10,13-15H2. The second-order valence-electron chi connectivity index (χ2n) is 5.34.